The molecule has 2 aromatic rings. The number of aromatic amines is 1. The molecule has 0 aromatic carbocycles. The molecule has 0 aliphatic heterocycles. The summed E-state index contributed by atoms with van der Waals surface area (Å²) in [7, 11) is 0. The van der Waals surface area contributed by atoms with Gasteiger partial charge in [-0.1, -0.05) is 0 Å². The predicted molar refractivity (Wildman–Crippen MR) is 59.1 cm³/mol. The number of carboxylic acid groups (broad SMARTS) is 1. The maximum Gasteiger partial charge on any atom is 0.341 e. The molecule has 0 fully saturated rings. The Hall–Kier alpha value is -2.09. The molecule has 2 N–H and O–H groups in total. The Morgan fingerprint density at radius 3 is 2.88 bits per heavy atom. The maximum atomic E-state index is 11.4. The van der Waals surface area contributed by atoms with Crippen LogP contribution in [0.15, 0.2) is 26.7 Å². The van der Waals surface area contributed by atoms with Crippen molar-refractivity contribution in [1.29, 1.82) is 0 Å². The minimum atomic E-state index is -1.31. The molecule has 0 aliphatic carbocycles. The van der Waals surface area contributed by atoms with Crippen LogP contribution < -0.4 is 5.56 Å². The van der Waals surface area contributed by atoms with Gasteiger partial charge in [0.2, 0.25) is 12.3 Å². The average molecular weight is 253 g/mol. The third-order valence-corrected chi connectivity index (χ3v) is 2.76. The van der Waals surface area contributed by atoms with Gasteiger partial charge < -0.3 is 14.5 Å². The third kappa shape index (κ3) is 2.07. The normalized spacial score (nSPS) is 10.4. The Morgan fingerprint density at radius 1 is 1.59 bits per heavy atom. The van der Waals surface area contributed by atoms with E-state index in [-0.39, 0.29) is 11.5 Å². The highest BCUT2D eigenvalue weighted by Gasteiger charge is 2.17. The molecule has 0 bridgehead atoms. The summed E-state index contributed by atoms with van der Waals surface area (Å²) in [6.45, 7) is 0. The summed E-state index contributed by atoms with van der Waals surface area (Å²) in [4.78, 5) is 24.8. The number of rotatable bonds is 3. The van der Waals surface area contributed by atoms with E-state index in [4.69, 9.17) is 9.52 Å². The highest BCUT2D eigenvalue weighted by atomic mass is 32.2. The molecule has 0 aliphatic rings. The summed E-state index contributed by atoms with van der Waals surface area (Å²) >= 11 is 1.25. The molecule has 2 heterocycles. The Balaban J connectivity index is 2.69. The first-order valence-electron chi connectivity index (χ1n) is 4.44. The molecule has 2 rings (SSSR count). The van der Waals surface area contributed by atoms with E-state index in [0.29, 0.717) is 10.6 Å². The van der Waals surface area contributed by atoms with E-state index in [1.54, 1.807) is 6.26 Å². The number of H-pyrrole nitrogens is 1. The Morgan fingerprint density at radius 2 is 2.35 bits per heavy atom. The molecule has 2 aromatic heterocycles. The molecule has 0 saturated carbocycles. The van der Waals surface area contributed by atoms with Crippen molar-refractivity contribution in [3.63, 3.8) is 0 Å². The van der Waals surface area contributed by atoms with Gasteiger partial charge in [-0.3, -0.25) is 4.79 Å². The van der Waals surface area contributed by atoms with Crippen molar-refractivity contribution in [2.75, 3.05) is 6.26 Å². The van der Waals surface area contributed by atoms with Gasteiger partial charge in [0.15, 0.2) is 0 Å². The SMILES string of the molecule is CSc1[nH]c(=O)c(C(=O)O)cc1-c1nnco1. The van der Waals surface area contributed by atoms with E-state index in [1.165, 1.54) is 17.8 Å². The first kappa shape index (κ1) is 11.4. The number of aromatic nitrogens is 3. The minimum absolute atomic E-state index is 0.160. The lowest BCUT2D eigenvalue weighted by Gasteiger charge is -2.03. The molecule has 8 heteroatoms. The second kappa shape index (κ2) is 4.42. The summed E-state index contributed by atoms with van der Waals surface area (Å²) in [6, 6.07) is 1.22. The van der Waals surface area contributed by atoms with Gasteiger partial charge in [0.1, 0.15) is 5.56 Å². The van der Waals surface area contributed by atoms with Gasteiger partial charge in [0.05, 0.1) is 10.6 Å². The third-order valence-electron chi connectivity index (χ3n) is 2.03. The molecule has 0 spiro atoms. The number of thioether (sulfide) groups is 1. The number of carbonyl (C=O) groups is 1. The lowest BCUT2D eigenvalue weighted by molar-refractivity contribution is 0.0695. The second-order valence-corrected chi connectivity index (χ2v) is 3.82. The molecule has 0 atom stereocenters. The zero-order chi connectivity index (χ0) is 12.4. The summed E-state index contributed by atoms with van der Waals surface area (Å²) in [6.07, 6.45) is 2.87. The van der Waals surface area contributed by atoms with Crippen LogP contribution in [0.3, 0.4) is 0 Å². The summed E-state index contributed by atoms with van der Waals surface area (Å²) < 4.78 is 4.99. The first-order chi connectivity index (χ1) is 8.13. The summed E-state index contributed by atoms with van der Waals surface area (Å²) in [5.74, 6) is -1.15. The first-order valence-corrected chi connectivity index (χ1v) is 5.67. The van der Waals surface area contributed by atoms with Gasteiger partial charge in [-0.2, -0.15) is 0 Å². The molecule has 0 radical (unpaired) electrons. The van der Waals surface area contributed by atoms with Gasteiger partial charge in [0, 0.05) is 0 Å². The Labute approximate surface area is 98.9 Å². The van der Waals surface area contributed by atoms with Crippen LogP contribution in [0.25, 0.3) is 11.5 Å². The average Bonchev–Trinajstić information content (AvgIpc) is 2.81. The number of carboxylic acids is 1. The standard InChI is InChI=1S/C9H7N3O4S/c1-17-8-5(7-12-10-3-16-7)2-4(9(14)15)6(13)11-8/h2-3H,1H3,(H,11,13)(H,14,15). The van der Waals surface area contributed by atoms with Crippen LogP contribution in [0.5, 0.6) is 0 Å². The second-order valence-electron chi connectivity index (χ2n) is 3.01. The van der Waals surface area contributed by atoms with Gasteiger partial charge in [-0.05, 0) is 12.3 Å². The fourth-order valence-corrected chi connectivity index (χ4v) is 1.84. The lowest BCUT2D eigenvalue weighted by Crippen LogP contribution is -2.18. The van der Waals surface area contributed by atoms with Crippen LogP contribution in [0, 0.1) is 0 Å². The van der Waals surface area contributed by atoms with Crippen molar-refractivity contribution < 1.29 is 14.3 Å². The fraction of sp³-hybridized carbons (Fsp3) is 0.111. The number of hydrogen-bond donors (Lipinski definition) is 2. The van der Waals surface area contributed by atoms with Crippen molar-refractivity contribution in [2.45, 2.75) is 5.03 Å². The van der Waals surface area contributed by atoms with E-state index in [1.807, 2.05) is 0 Å². The quantitative estimate of drug-likeness (QED) is 0.780. The Bertz CT molecular complexity index is 605. The van der Waals surface area contributed by atoms with Crippen molar-refractivity contribution in [3.05, 3.63) is 28.4 Å². The summed E-state index contributed by atoms with van der Waals surface area (Å²) in [5, 5.41) is 16.5. The minimum Gasteiger partial charge on any atom is -0.477 e. The number of pyridine rings is 1. The topological polar surface area (TPSA) is 109 Å². The molecular weight excluding hydrogens is 246 g/mol. The largest absolute Gasteiger partial charge is 0.477 e. The predicted octanol–water partition coefficient (Wildman–Crippen LogP) is 0.845. The van der Waals surface area contributed by atoms with Crippen LogP contribution in [0.1, 0.15) is 10.4 Å². The van der Waals surface area contributed by atoms with E-state index in [0.717, 1.165) is 6.39 Å². The number of nitrogens with one attached hydrogen (secondary N) is 1. The van der Waals surface area contributed by atoms with E-state index in [9.17, 15) is 9.59 Å². The van der Waals surface area contributed by atoms with Crippen LogP contribution >= 0.6 is 11.8 Å². The van der Waals surface area contributed by atoms with E-state index >= 15 is 0 Å². The number of hydrogen-bond acceptors (Lipinski definition) is 6. The van der Waals surface area contributed by atoms with Gasteiger partial charge in [0.25, 0.3) is 5.56 Å². The lowest BCUT2D eigenvalue weighted by atomic mass is 10.2. The number of nitrogens with zero attached hydrogens (tertiary/aromatic N) is 2. The number of aromatic carboxylic acids is 1. The van der Waals surface area contributed by atoms with Gasteiger partial charge in [-0.25, -0.2) is 4.79 Å². The van der Waals surface area contributed by atoms with E-state index < -0.39 is 11.5 Å². The monoisotopic (exact) mass is 253 g/mol. The zero-order valence-corrected chi connectivity index (χ0v) is 9.45. The van der Waals surface area contributed by atoms with Crippen molar-refractivity contribution in [2.24, 2.45) is 0 Å². The van der Waals surface area contributed by atoms with Crippen LogP contribution in [-0.2, 0) is 0 Å². The highest BCUT2D eigenvalue weighted by molar-refractivity contribution is 7.98. The van der Waals surface area contributed by atoms with Crippen molar-refractivity contribution >= 4 is 17.7 Å². The van der Waals surface area contributed by atoms with Crippen molar-refractivity contribution in [1.82, 2.24) is 15.2 Å². The molecule has 0 unspecified atom stereocenters. The Kier molecular flexibility index (Phi) is 2.96. The van der Waals surface area contributed by atoms with E-state index in [2.05, 4.69) is 15.2 Å². The molecule has 0 amide bonds. The summed E-state index contributed by atoms with van der Waals surface area (Å²) in [5.41, 5.74) is -0.631. The molecule has 0 saturated heterocycles. The zero-order valence-electron chi connectivity index (χ0n) is 8.63. The molecule has 7 nitrogen and oxygen atoms in total. The highest BCUT2D eigenvalue weighted by Crippen LogP contribution is 2.26. The molecule has 17 heavy (non-hydrogen) atoms. The molecular formula is C9H7N3O4S. The smallest absolute Gasteiger partial charge is 0.341 e. The van der Waals surface area contributed by atoms with Crippen LogP contribution in [-0.4, -0.2) is 32.5 Å². The van der Waals surface area contributed by atoms with Crippen LogP contribution in [0.4, 0.5) is 0 Å². The van der Waals surface area contributed by atoms with Crippen molar-refractivity contribution in [3.8, 4) is 11.5 Å². The molecule has 88 valence electrons. The maximum absolute atomic E-state index is 11.4. The van der Waals surface area contributed by atoms with Gasteiger partial charge >= 0.3 is 5.97 Å². The van der Waals surface area contributed by atoms with Crippen LogP contribution in [0.2, 0.25) is 0 Å². The fourth-order valence-electron chi connectivity index (χ4n) is 1.28. The van der Waals surface area contributed by atoms with Gasteiger partial charge in [-0.15, -0.1) is 22.0 Å².